The van der Waals surface area contributed by atoms with E-state index in [0.717, 1.165) is 18.7 Å². The Hall–Kier alpha value is -1.02. The van der Waals surface area contributed by atoms with Crippen LogP contribution in [0.1, 0.15) is 45.1 Å². The molecular weight excluding hydrogens is 210 g/mol. The van der Waals surface area contributed by atoms with Crippen molar-refractivity contribution in [1.29, 1.82) is 0 Å². The molecule has 0 spiro atoms. The van der Waals surface area contributed by atoms with Gasteiger partial charge in [-0.3, -0.25) is 0 Å². The minimum Gasteiger partial charge on any atom is -0.497 e. The molecule has 0 saturated carbocycles. The van der Waals surface area contributed by atoms with Crippen LogP contribution < -0.4 is 10.1 Å². The number of methoxy groups -OCH3 is 1. The second kappa shape index (κ2) is 7.33. The van der Waals surface area contributed by atoms with E-state index in [1.807, 2.05) is 12.1 Å². The summed E-state index contributed by atoms with van der Waals surface area (Å²) in [6, 6.07) is 8.97. The first kappa shape index (κ1) is 14.0. The summed E-state index contributed by atoms with van der Waals surface area (Å²) in [5.41, 5.74) is 1.38. The van der Waals surface area contributed by atoms with E-state index in [0.29, 0.717) is 12.0 Å². The van der Waals surface area contributed by atoms with E-state index >= 15 is 0 Å². The van der Waals surface area contributed by atoms with Crippen LogP contribution in [0.4, 0.5) is 0 Å². The molecule has 0 bridgehead atoms. The molecule has 0 aromatic heterocycles. The lowest BCUT2D eigenvalue weighted by Crippen LogP contribution is -2.33. The highest BCUT2D eigenvalue weighted by Gasteiger charge is 2.16. The molecule has 0 aliphatic heterocycles. The van der Waals surface area contributed by atoms with Crippen LogP contribution in [-0.2, 0) is 0 Å². The van der Waals surface area contributed by atoms with Crippen LogP contribution in [0.25, 0.3) is 0 Å². The van der Waals surface area contributed by atoms with Gasteiger partial charge in [-0.05, 0) is 43.0 Å². The van der Waals surface area contributed by atoms with Crippen LogP contribution >= 0.6 is 0 Å². The molecule has 96 valence electrons. The molecule has 0 saturated heterocycles. The zero-order chi connectivity index (χ0) is 12.7. The van der Waals surface area contributed by atoms with E-state index in [4.69, 9.17) is 4.74 Å². The SMILES string of the molecule is CCCNC(CC)C(C)c1ccc(OC)cc1. The summed E-state index contributed by atoms with van der Waals surface area (Å²) < 4.78 is 5.18. The van der Waals surface area contributed by atoms with Gasteiger partial charge >= 0.3 is 0 Å². The number of ether oxygens (including phenoxy) is 1. The van der Waals surface area contributed by atoms with Gasteiger partial charge in [0.2, 0.25) is 0 Å². The Morgan fingerprint density at radius 3 is 2.29 bits per heavy atom. The van der Waals surface area contributed by atoms with Gasteiger partial charge < -0.3 is 10.1 Å². The van der Waals surface area contributed by atoms with Crippen molar-refractivity contribution in [2.45, 2.75) is 45.6 Å². The lowest BCUT2D eigenvalue weighted by molar-refractivity contribution is 0.413. The predicted molar refractivity (Wildman–Crippen MR) is 73.8 cm³/mol. The van der Waals surface area contributed by atoms with Crippen molar-refractivity contribution in [2.24, 2.45) is 0 Å². The highest BCUT2D eigenvalue weighted by atomic mass is 16.5. The summed E-state index contributed by atoms with van der Waals surface area (Å²) in [5.74, 6) is 1.47. The number of rotatable bonds is 7. The highest BCUT2D eigenvalue weighted by Crippen LogP contribution is 2.23. The third-order valence-electron chi connectivity index (χ3n) is 3.34. The first-order valence-corrected chi connectivity index (χ1v) is 6.60. The van der Waals surface area contributed by atoms with Crippen molar-refractivity contribution in [3.63, 3.8) is 0 Å². The van der Waals surface area contributed by atoms with E-state index in [9.17, 15) is 0 Å². The lowest BCUT2D eigenvalue weighted by atomic mass is 9.91. The maximum absolute atomic E-state index is 5.18. The summed E-state index contributed by atoms with van der Waals surface area (Å²) >= 11 is 0. The Balaban J connectivity index is 2.67. The molecule has 2 nitrogen and oxygen atoms in total. The average Bonchev–Trinajstić information content (AvgIpc) is 2.39. The Morgan fingerprint density at radius 1 is 1.18 bits per heavy atom. The van der Waals surface area contributed by atoms with Gasteiger partial charge in [-0.2, -0.15) is 0 Å². The quantitative estimate of drug-likeness (QED) is 0.780. The first-order chi connectivity index (χ1) is 8.22. The molecule has 1 N–H and O–H groups in total. The van der Waals surface area contributed by atoms with E-state index in [1.165, 1.54) is 12.0 Å². The van der Waals surface area contributed by atoms with Gasteiger partial charge in [0.05, 0.1) is 7.11 Å². The van der Waals surface area contributed by atoms with E-state index in [2.05, 4.69) is 38.2 Å². The molecule has 1 rings (SSSR count). The first-order valence-electron chi connectivity index (χ1n) is 6.60. The zero-order valence-electron chi connectivity index (χ0n) is 11.5. The fourth-order valence-corrected chi connectivity index (χ4v) is 2.14. The summed E-state index contributed by atoms with van der Waals surface area (Å²) in [7, 11) is 1.70. The summed E-state index contributed by atoms with van der Waals surface area (Å²) in [6.45, 7) is 7.84. The van der Waals surface area contributed by atoms with Crippen LogP contribution in [0, 0.1) is 0 Å². The van der Waals surface area contributed by atoms with Crippen molar-refractivity contribution in [1.82, 2.24) is 5.32 Å². The molecule has 2 heteroatoms. The van der Waals surface area contributed by atoms with Gasteiger partial charge in [0.25, 0.3) is 0 Å². The van der Waals surface area contributed by atoms with Crippen molar-refractivity contribution in [3.05, 3.63) is 29.8 Å². The third kappa shape index (κ3) is 4.04. The Kier molecular flexibility index (Phi) is 6.06. The fourth-order valence-electron chi connectivity index (χ4n) is 2.14. The Morgan fingerprint density at radius 2 is 1.82 bits per heavy atom. The van der Waals surface area contributed by atoms with Crippen LogP contribution in [0.3, 0.4) is 0 Å². The van der Waals surface area contributed by atoms with Crippen LogP contribution in [0.15, 0.2) is 24.3 Å². The van der Waals surface area contributed by atoms with E-state index in [1.54, 1.807) is 7.11 Å². The van der Waals surface area contributed by atoms with Crippen molar-refractivity contribution < 1.29 is 4.74 Å². The van der Waals surface area contributed by atoms with Gasteiger partial charge in [0.1, 0.15) is 5.75 Å². The van der Waals surface area contributed by atoms with Gasteiger partial charge in [0.15, 0.2) is 0 Å². The van der Waals surface area contributed by atoms with Gasteiger partial charge in [-0.25, -0.2) is 0 Å². The van der Waals surface area contributed by atoms with Crippen LogP contribution in [0.5, 0.6) is 5.75 Å². The molecule has 0 heterocycles. The Labute approximate surface area is 105 Å². The molecule has 0 amide bonds. The van der Waals surface area contributed by atoms with Gasteiger partial charge in [-0.15, -0.1) is 0 Å². The summed E-state index contributed by atoms with van der Waals surface area (Å²) in [6.07, 6.45) is 2.35. The normalized spacial score (nSPS) is 14.4. The number of hydrogen-bond acceptors (Lipinski definition) is 2. The second-order valence-electron chi connectivity index (χ2n) is 4.53. The number of hydrogen-bond donors (Lipinski definition) is 1. The molecule has 2 unspecified atom stereocenters. The highest BCUT2D eigenvalue weighted by molar-refractivity contribution is 5.29. The molecule has 2 atom stereocenters. The standard InChI is InChI=1S/C15H25NO/c1-5-11-16-15(6-2)12(3)13-7-9-14(17-4)10-8-13/h7-10,12,15-16H,5-6,11H2,1-4H3. The smallest absolute Gasteiger partial charge is 0.118 e. The maximum Gasteiger partial charge on any atom is 0.118 e. The molecule has 0 aliphatic carbocycles. The van der Waals surface area contributed by atoms with Gasteiger partial charge in [-0.1, -0.05) is 32.9 Å². The molecule has 0 radical (unpaired) electrons. The van der Waals surface area contributed by atoms with Crippen LogP contribution in [-0.4, -0.2) is 19.7 Å². The minimum atomic E-state index is 0.539. The number of nitrogens with one attached hydrogen (secondary N) is 1. The molecule has 0 aliphatic rings. The van der Waals surface area contributed by atoms with E-state index < -0.39 is 0 Å². The monoisotopic (exact) mass is 235 g/mol. The fraction of sp³-hybridized carbons (Fsp3) is 0.600. The van der Waals surface area contributed by atoms with Crippen molar-refractivity contribution in [3.8, 4) is 5.75 Å². The summed E-state index contributed by atoms with van der Waals surface area (Å²) in [4.78, 5) is 0. The summed E-state index contributed by atoms with van der Waals surface area (Å²) in [5, 5.41) is 3.61. The zero-order valence-corrected chi connectivity index (χ0v) is 11.5. The second-order valence-corrected chi connectivity index (χ2v) is 4.53. The molecule has 17 heavy (non-hydrogen) atoms. The predicted octanol–water partition coefficient (Wildman–Crippen LogP) is 3.58. The number of benzene rings is 1. The molecule has 1 aromatic rings. The molecular formula is C15H25NO. The maximum atomic E-state index is 5.18. The largest absolute Gasteiger partial charge is 0.497 e. The molecule has 0 fully saturated rings. The van der Waals surface area contributed by atoms with Gasteiger partial charge in [0, 0.05) is 6.04 Å². The lowest BCUT2D eigenvalue weighted by Gasteiger charge is -2.24. The topological polar surface area (TPSA) is 21.3 Å². The van der Waals surface area contributed by atoms with E-state index in [-0.39, 0.29) is 0 Å². The van der Waals surface area contributed by atoms with Crippen LogP contribution in [0.2, 0.25) is 0 Å². The minimum absolute atomic E-state index is 0.539. The third-order valence-corrected chi connectivity index (χ3v) is 3.34. The Bertz CT molecular complexity index is 307. The van der Waals surface area contributed by atoms with Crippen molar-refractivity contribution in [2.75, 3.05) is 13.7 Å². The average molecular weight is 235 g/mol. The van der Waals surface area contributed by atoms with Crippen molar-refractivity contribution >= 4 is 0 Å². The molecule has 1 aromatic carbocycles.